The van der Waals surface area contributed by atoms with Crippen molar-refractivity contribution in [2.75, 3.05) is 16.0 Å². The Hall–Kier alpha value is -3.14. The van der Waals surface area contributed by atoms with Crippen molar-refractivity contribution in [2.24, 2.45) is 0 Å². The number of halogens is 4. The Labute approximate surface area is 195 Å². The van der Waals surface area contributed by atoms with Crippen LogP contribution in [0, 0.1) is 5.82 Å². The van der Waals surface area contributed by atoms with Crippen LogP contribution >= 0.6 is 34.8 Å². The van der Waals surface area contributed by atoms with Crippen LogP contribution in [0.4, 0.5) is 27.5 Å². The molecule has 8 nitrogen and oxygen atoms in total. The van der Waals surface area contributed by atoms with Gasteiger partial charge in [0.1, 0.15) is 11.6 Å². The van der Waals surface area contributed by atoms with Gasteiger partial charge in [-0.1, -0.05) is 34.8 Å². The van der Waals surface area contributed by atoms with Crippen LogP contribution in [0.15, 0.2) is 41.2 Å². The Balaban J connectivity index is 1.64. The first-order valence-corrected chi connectivity index (χ1v) is 10.3. The Kier molecular flexibility index (Phi) is 6.05. The van der Waals surface area contributed by atoms with E-state index in [1.54, 1.807) is 12.1 Å². The van der Waals surface area contributed by atoms with Crippen LogP contribution in [-0.4, -0.2) is 21.8 Å². The minimum Gasteiger partial charge on any atom is -0.326 e. The highest BCUT2D eigenvalue weighted by molar-refractivity contribution is 6.35. The minimum absolute atomic E-state index is 0.00927. The molecule has 0 bridgehead atoms. The first-order valence-electron chi connectivity index (χ1n) is 9.12. The smallest absolute Gasteiger partial charge is 0.258 e. The van der Waals surface area contributed by atoms with Crippen LogP contribution in [0.1, 0.15) is 17.9 Å². The SMILES string of the molecule is O=C1CC(C(=O)Nc2ccc(F)c(Cl)c2)c2c(nc(Nc3cc(Cl)cc(Cl)c3)[nH]c2=O)N1. The van der Waals surface area contributed by atoms with Crippen molar-refractivity contribution in [3.63, 3.8) is 0 Å². The number of anilines is 4. The number of rotatable bonds is 4. The average Bonchev–Trinajstić information content (AvgIpc) is 2.69. The van der Waals surface area contributed by atoms with Crippen molar-refractivity contribution in [2.45, 2.75) is 12.3 Å². The number of carbonyl (C=O) groups is 2. The van der Waals surface area contributed by atoms with E-state index in [0.29, 0.717) is 15.7 Å². The summed E-state index contributed by atoms with van der Waals surface area (Å²) in [5, 5.41) is 8.45. The van der Waals surface area contributed by atoms with Gasteiger partial charge < -0.3 is 16.0 Å². The van der Waals surface area contributed by atoms with Crippen LogP contribution < -0.4 is 21.5 Å². The fraction of sp³-hybridized carbons (Fsp3) is 0.100. The lowest BCUT2D eigenvalue weighted by atomic mass is 9.92. The van der Waals surface area contributed by atoms with Gasteiger partial charge in [-0.2, -0.15) is 4.98 Å². The fourth-order valence-electron chi connectivity index (χ4n) is 3.22. The van der Waals surface area contributed by atoms with Gasteiger partial charge in [-0.3, -0.25) is 19.4 Å². The number of nitrogens with zero attached hydrogens (tertiary/aromatic N) is 1. The number of aromatic amines is 1. The molecule has 1 unspecified atom stereocenters. The number of H-pyrrole nitrogens is 1. The maximum absolute atomic E-state index is 13.4. The molecular formula is C20H13Cl3FN5O3. The Bertz CT molecular complexity index is 1290. The van der Waals surface area contributed by atoms with Gasteiger partial charge >= 0.3 is 0 Å². The molecule has 1 aliphatic heterocycles. The molecule has 0 radical (unpaired) electrons. The highest BCUT2D eigenvalue weighted by atomic mass is 35.5. The number of fused-ring (bicyclic) bond motifs is 1. The molecule has 0 saturated carbocycles. The summed E-state index contributed by atoms with van der Waals surface area (Å²) in [4.78, 5) is 44.6. The second kappa shape index (κ2) is 8.78. The van der Waals surface area contributed by atoms with E-state index in [0.717, 1.165) is 6.07 Å². The molecule has 164 valence electrons. The van der Waals surface area contributed by atoms with Gasteiger partial charge in [0, 0.05) is 27.8 Å². The quantitative estimate of drug-likeness (QED) is 0.419. The molecule has 12 heteroatoms. The molecule has 0 aliphatic carbocycles. The standard InChI is InChI=1S/C20H13Cl3FN5O3/c21-8-3-9(22)5-11(4-8)26-20-28-17-16(19(32)29-20)12(7-15(30)27-17)18(31)25-10-1-2-14(24)13(23)6-10/h1-6,12H,7H2,(H,25,31)(H3,26,27,28,29,30,32). The van der Waals surface area contributed by atoms with E-state index < -0.39 is 29.1 Å². The van der Waals surface area contributed by atoms with Crippen molar-refractivity contribution in [1.82, 2.24) is 9.97 Å². The number of hydrogen-bond acceptors (Lipinski definition) is 5. The minimum atomic E-state index is -1.12. The predicted octanol–water partition coefficient (Wildman–Crippen LogP) is 4.68. The molecular weight excluding hydrogens is 484 g/mol. The first kappa shape index (κ1) is 22.1. The van der Waals surface area contributed by atoms with Gasteiger partial charge in [0.25, 0.3) is 5.56 Å². The normalized spacial score (nSPS) is 15.0. The van der Waals surface area contributed by atoms with E-state index in [-0.39, 0.29) is 34.5 Å². The van der Waals surface area contributed by atoms with Gasteiger partial charge in [0.05, 0.1) is 16.5 Å². The largest absolute Gasteiger partial charge is 0.326 e. The van der Waals surface area contributed by atoms with Crippen LogP contribution in [-0.2, 0) is 9.59 Å². The van der Waals surface area contributed by atoms with Gasteiger partial charge in [-0.25, -0.2) is 4.39 Å². The van der Waals surface area contributed by atoms with E-state index >= 15 is 0 Å². The van der Waals surface area contributed by atoms with Crippen molar-refractivity contribution < 1.29 is 14.0 Å². The van der Waals surface area contributed by atoms with Crippen LogP contribution in [0.5, 0.6) is 0 Å². The summed E-state index contributed by atoms with van der Waals surface area (Å²) in [7, 11) is 0. The summed E-state index contributed by atoms with van der Waals surface area (Å²) in [6.07, 6.45) is -0.269. The Morgan fingerprint density at radius 2 is 1.78 bits per heavy atom. The van der Waals surface area contributed by atoms with Crippen LogP contribution in [0.3, 0.4) is 0 Å². The highest BCUT2D eigenvalue weighted by Crippen LogP contribution is 2.31. The van der Waals surface area contributed by atoms with Gasteiger partial charge in [0.2, 0.25) is 17.8 Å². The van der Waals surface area contributed by atoms with E-state index in [9.17, 15) is 18.8 Å². The molecule has 0 spiro atoms. The van der Waals surface area contributed by atoms with Crippen molar-refractivity contribution in [1.29, 1.82) is 0 Å². The van der Waals surface area contributed by atoms with Crippen molar-refractivity contribution in [3.05, 3.63) is 73.2 Å². The van der Waals surface area contributed by atoms with Crippen LogP contribution in [0.2, 0.25) is 15.1 Å². The topological polar surface area (TPSA) is 116 Å². The van der Waals surface area contributed by atoms with Crippen molar-refractivity contribution in [3.8, 4) is 0 Å². The second-order valence-corrected chi connectivity index (χ2v) is 8.16. The lowest BCUT2D eigenvalue weighted by Crippen LogP contribution is -2.36. The summed E-state index contributed by atoms with van der Waals surface area (Å²) in [6, 6.07) is 8.30. The van der Waals surface area contributed by atoms with Gasteiger partial charge in [-0.05, 0) is 36.4 Å². The molecule has 1 aliphatic rings. The molecule has 4 N–H and O–H groups in total. The molecule has 3 aromatic rings. The third kappa shape index (κ3) is 4.69. The number of aromatic nitrogens is 2. The zero-order chi connectivity index (χ0) is 23.0. The fourth-order valence-corrected chi connectivity index (χ4v) is 3.93. The molecule has 2 heterocycles. The summed E-state index contributed by atoms with van der Waals surface area (Å²) >= 11 is 17.7. The van der Waals surface area contributed by atoms with E-state index in [4.69, 9.17) is 34.8 Å². The summed E-state index contributed by atoms with van der Waals surface area (Å²) in [5.41, 5.74) is 0.0394. The zero-order valence-corrected chi connectivity index (χ0v) is 18.2. The number of nitrogens with one attached hydrogen (secondary N) is 4. The molecule has 0 saturated heterocycles. The van der Waals surface area contributed by atoms with Crippen molar-refractivity contribution >= 4 is 69.8 Å². The number of carbonyl (C=O) groups excluding carboxylic acids is 2. The molecule has 1 atom stereocenters. The predicted molar refractivity (Wildman–Crippen MR) is 121 cm³/mol. The molecule has 2 amide bonds. The van der Waals surface area contributed by atoms with E-state index in [1.807, 2.05) is 0 Å². The lowest BCUT2D eigenvalue weighted by molar-refractivity contribution is -0.123. The first-order chi connectivity index (χ1) is 15.2. The average molecular weight is 497 g/mol. The molecule has 1 aromatic heterocycles. The molecule has 0 fully saturated rings. The van der Waals surface area contributed by atoms with Gasteiger partial charge in [-0.15, -0.1) is 0 Å². The summed E-state index contributed by atoms with van der Waals surface area (Å²) in [6.45, 7) is 0. The molecule has 32 heavy (non-hydrogen) atoms. The monoisotopic (exact) mass is 495 g/mol. The maximum atomic E-state index is 13.4. The van der Waals surface area contributed by atoms with E-state index in [2.05, 4.69) is 25.9 Å². The lowest BCUT2D eigenvalue weighted by Gasteiger charge is -2.23. The third-order valence-corrected chi connectivity index (χ3v) is 5.31. The zero-order valence-electron chi connectivity index (χ0n) is 15.9. The summed E-state index contributed by atoms with van der Waals surface area (Å²) < 4.78 is 13.4. The third-order valence-electron chi connectivity index (χ3n) is 4.58. The maximum Gasteiger partial charge on any atom is 0.258 e. The van der Waals surface area contributed by atoms with Crippen LogP contribution in [0.25, 0.3) is 0 Å². The van der Waals surface area contributed by atoms with E-state index in [1.165, 1.54) is 18.2 Å². The number of hydrogen-bond donors (Lipinski definition) is 4. The second-order valence-electron chi connectivity index (χ2n) is 6.88. The van der Waals surface area contributed by atoms with Gasteiger partial charge in [0.15, 0.2) is 0 Å². The Morgan fingerprint density at radius 1 is 1.06 bits per heavy atom. The molecule has 4 rings (SSSR count). The molecule has 2 aromatic carbocycles. The number of amides is 2. The Morgan fingerprint density at radius 3 is 2.47 bits per heavy atom. The highest BCUT2D eigenvalue weighted by Gasteiger charge is 2.34. The number of benzene rings is 2. The summed E-state index contributed by atoms with van der Waals surface area (Å²) in [5.74, 6) is -2.94.